The van der Waals surface area contributed by atoms with Gasteiger partial charge in [0.1, 0.15) is 0 Å². The molecule has 2 bridgehead atoms. The largest absolute Gasteiger partial charge is 0.436 e. The molecule has 4 heterocycles. The molecule has 0 radical (unpaired) electrons. The average Bonchev–Trinajstić information content (AvgIpc) is 3.14. The summed E-state index contributed by atoms with van der Waals surface area (Å²) in [6.07, 6.45) is 7.33. The molecule has 3 fully saturated rings. The Bertz CT molecular complexity index is 1010. The van der Waals surface area contributed by atoms with Gasteiger partial charge in [-0.1, -0.05) is 24.1 Å². The van der Waals surface area contributed by atoms with E-state index in [1.165, 1.54) is 5.56 Å². The highest BCUT2D eigenvalue weighted by molar-refractivity contribution is 5.93. The fourth-order valence-electron chi connectivity index (χ4n) is 7.00. The topological polar surface area (TPSA) is 56.3 Å². The standard InChI is InChI=1S/C28H38N4O3/c1-4-5-18-35-27(34)32-21-10-11-22(32)20-23(19-21)30-15-12-28(13-16-30)14-17-31(26(33)29(2)3)25-9-7-6-8-24(25)28/h6-9,21-23H,10-20H2,1-3H3. The molecule has 4 aliphatic heterocycles. The summed E-state index contributed by atoms with van der Waals surface area (Å²) in [5.74, 6) is 5.61. The normalized spacial score (nSPS) is 27.1. The monoisotopic (exact) mass is 478 g/mol. The number of fused-ring (bicyclic) bond motifs is 4. The molecule has 1 aromatic carbocycles. The lowest BCUT2D eigenvalue weighted by atomic mass is 9.67. The molecule has 0 aliphatic carbocycles. The summed E-state index contributed by atoms with van der Waals surface area (Å²) in [4.78, 5) is 33.8. The maximum atomic E-state index is 12.8. The zero-order valence-electron chi connectivity index (χ0n) is 21.3. The highest BCUT2D eigenvalue weighted by atomic mass is 16.6. The van der Waals surface area contributed by atoms with Crippen molar-refractivity contribution < 1.29 is 14.3 Å². The van der Waals surface area contributed by atoms with Crippen LogP contribution in [0.4, 0.5) is 15.3 Å². The van der Waals surface area contributed by atoms with Gasteiger partial charge in [0.15, 0.2) is 6.61 Å². The van der Waals surface area contributed by atoms with Gasteiger partial charge >= 0.3 is 12.1 Å². The molecule has 0 saturated carbocycles. The number of nitrogens with zero attached hydrogens (tertiary/aromatic N) is 4. The first-order chi connectivity index (χ1) is 16.9. The van der Waals surface area contributed by atoms with Crippen LogP contribution >= 0.6 is 0 Å². The van der Waals surface area contributed by atoms with Crippen molar-refractivity contribution in [1.29, 1.82) is 0 Å². The van der Waals surface area contributed by atoms with Gasteiger partial charge in [-0.25, -0.2) is 9.59 Å². The number of amides is 3. The predicted molar refractivity (Wildman–Crippen MR) is 136 cm³/mol. The Morgan fingerprint density at radius 2 is 1.69 bits per heavy atom. The Balaban J connectivity index is 1.24. The zero-order valence-corrected chi connectivity index (χ0v) is 21.3. The number of carbonyl (C=O) groups is 2. The lowest BCUT2D eigenvalue weighted by Crippen LogP contribution is -2.56. The van der Waals surface area contributed by atoms with Gasteiger partial charge in [0, 0.05) is 49.9 Å². The number of anilines is 1. The van der Waals surface area contributed by atoms with E-state index in [1.807, 2.05) is 30.0 Å². The van der Waals surface area contributed by atoms with Gasteiger partial charge in [0.2, 0.25) is 0 Å². The lowest BCUT2D eigenvalue weighted by Gasteiger charge is -2.51. The average molecular weight is 479 g/mol. The number of benzene rings is 1. The van der Waals surface area contributed by atoms with E-state index in [-0.39, 0.29) is 36.2 Å². The van der Waals surface area contributed by atoms with Crippen molar-refractivity contribution in [3.05, 3.63) is 29.8 Å². The van der Waals surface area contributed by atoms with E-state index >= 15 is 0 Å². The third-order valence-electron chi connectivity index (χ3n) is 8.83. The van der Waals surface area contributed by atoms with Gasteiger partial charge in [-0.3, -0.25) is 4.90 Å². The third kappa shape index (κ3) is 4.38. The Morgan fingerprint density at radius 1 is 1.03 bits per heavy atom. The van der Waals surface area contributed by atoms with Crippen LogP contribution in [0.15, 0.2) is 24.3 Å². The minimum absolute atomic E-state index is 0.0623. The number of piperidine rings is 2. The first kappa shape index (κ1) is 24.0. The van der Waals surface area contributed by atoms with Crippen LogP contribution in [0.25, 0.3) is 0 Å². The molecular formula is C28H38N4O3. The molecule has 188 valence electrons. The third-order valence-corrected chi connectivity index (χ3v) is 8.83. The second-order valence-corrected chi connectivity index (χ2v) is 10.8. The van der Waals surface area contributed by atoms with Gasteiger partial charge in [-0.15, -0.1) is 5.92 Å². The zero-order chi connectivity index (χ0) is 24.6. The van der Waals surface area contributed by atoms with Crippen molar-refractivity contribution >= 4 is 17.8 Å². The number of hydrogen-bond donors (Lipinski definition) is 0. The summed E-state index contributed by atoms with van der Waals surface area (Å²) in [5.41, 5.74) is 2.58. The quantitative estimate of drug-likeness (QED) is 0.602. The summed E-state index contributed by atoms with van der Waals surface area (Å²) < 4.78 is 5.40. The highest BCUT2D eigenvalue weighted by Crippen LogP contribution is 2.48. The van der Waals surface area contributed by atoms with Crippen LogP contribution < -0.4 is 4.90 Å². The molecule has 4 aliphatic rings. The van der Waals surface area contributed by atoms with E-state index in [1.54, 1.807) is 11.8 Å². The van der Waals surface area contributed by atoms with Crippen LogP contribution in [0.2, 0.25) is 0 Å². The number of para-hydroxylation sites is 1. The van der Waals surface area contributed by atoms with Crippen molar-refractivity contribution in [1.82, 2.24) is 14.7 Å². The van der Waals surface area contributed by atoms with E-state index in [2.05, 4.69) is 34.9 Å². The Morgan fingerprint density at radius 3 is 2.34 bits per heavy atom. The van der Waals surface area contributed by atoms with E-state index in [0.717, 1.165) is 70.3 Å². The molecule has 2 atom stereocenters. The molecule has 1 aromatic rings. The first-order valence-corrected chi connectivity index (χ1v) is 13.1. The van der Waals surface area contributed by atoms with E-state index < -0.39 is 0 Å². The number of ether oxygens (including phenoxy) is 1. The van der Waals surface area contributed by atoms with Crippen LogP contribution in [-0.2, 0) is 10.2 Å². The van der Waals surface area contributed by atoms with Gasteiger partial charge < -0.3 is 19.4 Å². The van der Waals surface area contributed by atoms with Crippen molar-refractivity contribution in [3.63, 3.8) is 0 Å². The summed E-state index contributed by atoms with van der Waals surface area (Å²) in [6.45, 7) is 4.88. The first-order valence-electron chi connectivity index (χ1n) is 13.1. The van der Waals surface area contributed by atoms with E-state index in [0.29, 0.717) is 6.04 Å². The van der Waals surface area contributed by atoms with Gasteiger partial charge in [0.05, 0.1) is 0 Å². The Labute approximate surface area is 209 Å². The van der Waals surface area contributed by atoms with Crippen molar-refractivity contribution in [2.45, 2.75) is 75.4 Å². The molecule has 7 nitrogen and oxygen atoms in total. The second kappa shape index (κ2) is 9.73. The minimum Gasteiger partial charge on any atom is -0.436 e. The lowest BCUT2D eigenvalue weighted by molar-refractivity contribution is 0.0278. The molecule has 2 unspecified atom stereocenters. The van der Waals surface area contributed by atoms with Crippen LogP contribution in [-0.4, -0.2) is 85.3 Å². The smallest absolute Gasteiger partial charge is 0.411 e. The number of likely N-dealkylation sites (tertiary alicyclic amines) is 1. The summed E-state index contributed by atoms with van der Waals surface area (Å²) in [6, 6.07) is 9.70. The van der Waals surface area contributed by atoms with E-state index in [9.17, 15) is 9.59 Å². The Hall–Kier alpha value is -2.72. The predicted octanol–water partition coefficient (Wildman–Crippen LogP) is 4.07. The fraction of sp³-hybridized carbons (Fsp3) is 0.643. The molecule has 0 aromatic heterocycles. The number of rotatable bonds is 2. The summed E-state index contributed by atoms with van der Waals surface area (Å²) in [7, 11) is 3.65. The Kier molecular flexibility index (Phi) is 6.67. The van der Waals surface area contributed by atoms with Crippen LogP contribution in [0.1, 0.15) is 57.4 Å². The molecule has 3 amide bonds. The molecule has 3 saturated heterocycles. The minimum atomic E-state index is -0.188. The second-order valence-electron chi connectivity index (χ2n) is 10.8. The van der Waals surface area contributed by atoms with Crippen LogP contribution in [0.5, 0.6) is 0 Å². The van der Waals surface area contributed by atoms with Crippen LogP contribution in [0.3, 0.4) is 0 Å². The van der Waals surface area contributed by atoms with Crippen molar-refractivity contribution in [3.8, 4) is 11.8 Å². The SMILES string of the molecule is CC#CCOC(=O)N1C2CCC1CC(N1CCC3(CCN(C(=O)N(C)C)c4ccccc43)CC1)C2. The number of hydrogen-bond acceptors (Lipinski definition) is 4. The molecule has 7 heteroatoms. The fourth-order valence-corrected chi connectivity index (χ4v) is 7.00. The number of urea groups is 1. The maximum Gasteiger partial charge on any atom is 0.411 e. The molecule has 0 N–H and O–H groups in total. The van der Waals surface area contributed by atoms with Gasteiger partial charge in [0.25, 0.3) is 0 Å². The summed E-state index contributed by atoms with van der Waals surface area (Å²) >= 11 is 0. The maximum absolute atomic E-state index is 12.8. The van der Waals surface area contributed by atoms with Crippen LogP contribution in [0, 0.1) is 11.8 Å². The molecular weight excluding hydrogens is 440 g/mol. The van der Waals surface area contributed by atoms with Crippen molar-refractivity contribution in [2.24, 2.45) is 0 Å². The summed E-state index contributed by atoms with van der Waals surface area (Å²) in [5, 5.41) is 0. The molecule has 5 rings (SSSR count). The molecule has 35 heavy (non-hydrogen) atoms. The van der Waals surface area contributed by atoms with Gasteiger partial charge in [-0.2, -0.15) is 0 Å². The van der Waals surface area contributed by atoms with Crippen molar-refractivity contribution in [2.75, 3.05) is 45.2 Å². The highest BCUT2D eigenvalue weighted by Gasteiger charge is 2.48. The van der Waals surface area contributed by atoms with E-state index in [4.69, 9.17) is 4.74 Å². The van der Waals surface area contributed by atoms with Gasteiger partial charge in [-0.05, 0) is 76.6 Å². The number of carbonyl (C=O) groups excluding carboxylic acids is 2. The molecule has 1 spiro atoms.